The number of benzene rings is 1. The lowest BCUT2D eigenvalue weighted by Gasteiger charge is -2.10. The molecule has 0 unspecified atom stereocenters. The second kappa shape index (κ2) is 5.69. The Bertz CT molecular complexity index is 350. The highest BCUT2D eigenvalue weighted by atomic mass is 127. The van der Waals surface area contributed by atoms with Crippen molar-refractivity contribution in [2.24, 2.45) is 0 Å². The number of halogens is 1. The summed E-state index contributed by atoms with van der Waals surface area (Å²) in [6, 6.07) is 7.01. The van der Waals surface area contributed by atoms with Gasteiger partial charge in [-0.1, -0.05) is 0 Å². The zero-order chi connectivity index (χ0) is 11.3. The van der Waals surface area contributed by atoms with E-state index in [1.165, 1.54) is 11.9 Å². The topological polar surface area (TPSA) is 46.6 Å². The Balaban J connectivity index is 2.54. The third-order valence-corrected chi connectivity index (χ3v) is 2.38. The standard InChI is InChI=1S/C10H10INO3/c1-12(6-13)7-15-10(14)8-2-4-9(11)5-3-8/h2-6H,7H2,1H3. The van der Waals surface area contributed by atoms with Crippen molar-refractivity contribution >= 4 is 35.0 Å². The molecular formula is C10H10INO3. The number of nitrogens with zero attached hydrogens (tertiary/aromatic N) is 1. The van der Waals surface area contributed by atoms with Crippen LogP contribution >= 0.6 is 22.6 Å². The molecule has 4 nitrogen and oxygen atoms in total. The van der Waals surface area contributed by atoms with Gasteiger partial charge in [0, 0.05) is 10.6 Å². The first kappa shape index (κ1) is 12.0. The van der Waals surface area contributed by atoms with Crippen LogP contribution in [-0.4, -0.2) is 31.1 Å². The van der Waals surface area contributed by atoms with Gasteiger partial charge in [-0.2, -0.15) is 0 Å². The van der Waals surface area contributed by atoms with E-state index in [1.54, 1.807) is 12.1 Å². The molecule has 5 heteroatoms. The normalized spacial score (nSPS) is 9.47. The molecule has 0 aliphatic rings. The minimum atomic E-state index is -0.430. The molecule has 0 aliphatic carbocycles. The van der Waals surface area contributed by atoms with Gasteiger partial charge in [-0.05, 0) is 46.9 Å². The zero-order valence-corrected chi connectivity index (χ0v) is 10.3. The monoisotopic (exact) mass is 319 g/mol. The third kappa shape index (κ3) is 3.86. The Hall–Kier alpha value is -1.11. The van der Waals surface area contributed by atoms with Crippen LogP contribution in [0.25, 0.3) is 0 Å². The first-order valence-electron chi connectivity index (χ1n) is 4.21. The van der Waals surface area contributed by atoms with Gasteiger partial charge in [-0.25, -0.2) is 4.79 Å². The van der Waals surface area contributed by atoms with E-state index in [4.69, 9.17) is 4.74 Å². The molecule has 0 radical (unpaired) electrons. The van der Waals surface area contributed by atoms with E-state index in [2.05, 4.69) is 22.6 Å². The molecule has 0 atom stereocenters. The zero-order valence-electron chi connectivity index (χ0n) is 8.14. The fourth-order valence-electron chi connectivity index (χ4n) is 0.860. The Morgan fingerprint density at radius 3 is 2.60 bits per heavy atom. The highest BCUT2D eigenvalue weighted by Gasteiger charge is 2.06. The number of esters is 1. The maximum Gasteiger partial charge on any atom is 0.339 e. The van der Waals surface area contributed by atoms with Crippen LogP contribution in [0.4, 0.5) is 0 Å². The van der Waals surface area contributed by atoms with Gasteiger partial charge in [-0.15, -0.1) is 0 Å². The van der Waals surface area contributed by atoms with Gasteiger partial charge in [0.15, 0.2) is 6.73 Å². The summed E-state index contributed by atoms with van der Waals surface area (Å²) in [5.74, 6) is -0.430. The number of carbonyl (C=O) groups excluding carboxylic acids is 2. The van der Waals surface area contributed by atoms with Crippen molar-refractivity contribution in [2.45, 2.75) is 0 Å². The molecule has 0 spiro atoms. The van der Waals surface area contributed by atoms with Crippen LogP contribution in [0, 0.1) is 3.57 Å². The lowest BCUT2D eigenvalue weighted by Crippen LogP contribution is -2.22. The molecule has 0 bridgehead atoms. The van der Waals surface area contributed by atoms with Gasteiger partial charge in [0.05, 0.1) is 5.56 Å². The summed E-state index contributed by atoms with van der Waals surface area (Å²) < 4.78 is 5.92. The molecule has 0 N–H and O–H groups in total. The summed E-state index contributed by atoms with van der Waals surface area (Å²) in [6.07, 6.45) is 0.598. The van der Waals surface area contributed by atoms with Crippen molar-refractivity contribution in [3.8, 4) is 0 Å². The van der Waals surface area contributed by atoms with Crippen LogP contribution in [0.2, 0.25) is 0 Å². The Morgan fingerprint density at radius 2 is 2.07 bits per heavy atom. The van der Waals surface area contributed by atoms with Crippen molar-refractivity contribution in [1.29, 1.82) is 0 Å². The first-order chi connectivity index (χ1) is 7.13. The van der Waals surface area contributed by atoms with E-state index < -0.39 is 5.97 Å². The summed E-state index contributed by atoms with van der Waals surface area (Å²) in [5.41, 5.74) is 0.481. The van der Waals surface area contributed by atoms with Crippen LogP contribution in [0.1, 0.15) is 10.4 Å². The quantitative estimate of drug-likeness (QED) is 0.366. The van der Waals surface area contributed by atoms with Crippen LogP contribution < -0.4 is 0 Å². The molecule has 1 amide bonds. The van der Waals surface area contributed by atoms with Crippen LogP contribution in [-0.2, 0) is 9.53 Å². The molecule has 1 aromatic rings. The van der Waals surface area contributed by atoms with Crippen molar-refractivity contribution in [3.05, 3.63) is 33.4 Å². The number of carbonyl (C=O) groups is 2. The highest BCUT2D eigenvalue weighted by molar-refractivity contribution is 14.1. The maximum atomic E-state index is 11.4. The molecule has 1 rings (SSSR count). The van der Waals surface area contributed by atoms with Gasteiger partial charge in [0.1, 0.15) is 0 Å². The largest absolute Gasteiger partial charge is 0.441 e. The Kier molecular flexibility index (Phi) is 4.54. The Labute approximate surface area is 101 Å². The molecule has 1 aromatic carbocycles. The molecule has 80 valence electrons. The van der Waals surface area contributed by atoms with Crippen LogP contribution in [0.15, 0.2) is 24.3 Å². The Morgan fingerprint density at radius 1 is 1.47 bits per heavy atom. The van der Waals surface area contributed by atoms with Gasteiger partial charge in [0.25, 0.3) is 0 Å². The van der Waals surface area contributed by atoms with Crippen LogP contribution in [0.5, 0.6) is 0 Å². The fraction of sp³-hybridized carbons (Fsp3) is 0.200. The molecule has 0 saturated heterocycles. The molecule has 0 aromatic heterocycles. The third-order valence-electron chi connectivity index (χ3n) is 1.66. The summed E-state index contributed by atoms with van der Waals surface area (Å²) in [4.78, 5) is 22.9. The summed E-state index contributed by atoms with van der Waals surface area (Å²) in [5, 5.41) is 0. The minimum absolute atomic E-state index is 0.0334. The number of hydrogen-bond acceptors (Lipinski definition) is 3. The number of ether oxygens (including phenoxy) is 1. The van der Waals surface area contributed by atoms with Crippen molar-refractivity contribution in [3.63, 3.8) is 0 Å². The second-order valence-electron chi connectivity index (χ2n) is 2.93. The first-order valence-corrected chi connectivity index (χ1v) is 5.29. The lowest BCUT2D eigenvalue weighted by atomic mass is 10.2. The van der Waals surface area contributed by atoms with Crippen molar-refractivity contribution < 1.29 is 14.3 Å². The van der Waals surface area contributed by atoms with Gasteiger partial charge < -0.3 is 9.64 Å². The number of hydrogen-bond donors (Lipinski definition) is 0. The smallest absolute Gasteiger partial charge is 0.339 e. The predicted octanol–water partition coefficient (Wildman–Crippen LogP) is 1.49. The molecule has 15 heavy (non-hydrogen) atoms. The van der Waals surface area contributed by atoms with Gasteiger partial charge >= 0.3 is 5.97 Å². The predicted molar refractivity (Wildman–Crippen MR) is 63.3 cm³/mol. The number of amides is 1. The summed E-state index contributed by atoms with van der Waals surface area (Å²) >= 11 is 2.15. The van der Waals surface area contributed by atoms with E-state index in [1.807, 2.05) is 12.1 Å². The maximum absolute atomic E-state index is 11.4. The average molecular weight is 319 g/mol. The molecular weight excluding hydrogens is 309 g/mol. The second-order valence-corrected chi connectivity index (χ2v) is 4.18. The van der Waals surface area contributed by atoms with Gasteiger partial charge in [0.2, 0.25) is 6.41 Å². The van der Waals surface area contributed by atoms with Gasteiger partial charge in [-0.3, -0.25) is 4.79 Å². The number of rotatable bonds is 4. The van der Waals surface area contributed by atoms with Crippen molar-refractivity contribution in [2.75, 3.05) is 13.8 Å². The highest BCUT2D eigenvalue weighted by Crippen LogP contribution is 2.07. The molecule has 0 fully saturated rings. The molecule has 0 aliphatic heterocycles. The van der Waals surface area contributed by atoms with Crippen LogP contribution in [0.3, 0.4) is 0 Å². The SMILES string of the molecule is CN(C=O)COC(=O)c1ccc(I)cc1. The summed E-state index contributed by atoms with van der Waals surface area (Å²) in [6.45, 7) is -0.0334. The fourth-order valence-corrected chi connectivity index (χ4v) is 1.22. The molecule has 0 saturated carbocycles. The summed E-state index contributed by atoms with van der Waals surface area (Å²) in [7, 11) is 1.54. The molecule has 0 heterocycles. The average Bonchev–Trinajstić information content (AvgIpc) is 2.26. The van der Waals surface area contributed by atoms with E-state index in [9.17, 15) is 9.59 Å². The van der Waals surface area contributed by atoms with E-state index in [0.717, 1.165) is 3.57 Å². The lowest BCUT2D eigenvalue weighted by molar-refractivity contribution is -0.120. The minimum Gasteiger partial charge on any atom is -0.441 e. The van der Waals surface area contributed by atoms with E-state index in [0.29, 0.717) is 12.0 Å². The van der Waals surface area contributed by atoms with E-state index >= 15 is 0 Å². The van der Waals surface area contributed by atoms with E-state index in [-0.39, 0.29) is 6.73 Å². The van der Waals surface area contributed by atoms with Crippen molar-refractivity contribution in [1.82, 2.24) is 4.90 Å².